The fraction of sp³-hybridized carbons (Fsp3) is 0.0952. The van der Waals surface area contributed by atoms with Crippen LogP contribution < -0.4 is 5.32 Å². The molecule has 0 bridgehead atoms. The minimum absolute atomic E-state index is 0.0995. The van der Waals surface area contributed by atoms with Crippen molar-refractivity contribution in [2.75, 3.05) is 5.32 Å². The average molecular weight is 413 g/mol. The normalized spacial score (nSPS) is 11.9. The first-order chi connectivity index (χ1) is 14.2. The van der Waals surface area contributed by atoms with E-state index in [0.717, 1.165) is 24.3 Å². The third kappa shape index (κ3) is 4.50. The fourth-order valence-corrected chi connectivity index (χ4v) is 2.91. The lowest BCUT2D eigenvalue weighted by molar-refractivity contribution is -0.138. The molecule has 0 saturated carbocycles. The maximum absolute atomic E-state index is 12.6. The molecule has 0 fully saturated rings. The number of carbonyl (C=O) groups excluding carboxylic acids is 1. The van der Waals surface area contributed by atoms with E-state index < -0.39 is 23.6 Å². The molecule has 3 aromatic rings. The first-order valence-corrected chi connectivity index (χ1v) is 8.59. The molecule has 152 valence electrons. The third-order valence-electron chi connectivity index (χ3n) is 4.26. The number of nitriles is 1. The summed E-state index contributed by atoms with van der Waals surface area (Å²) in [6, 6.07) is 12.5. The van der Waals surface area contributed by atoms with Crippen molar-refractivity contribution < 1.29 is 27.9 Å². The Bertz CT molecular complexity index is 1190. The highest BCUT2D eigenvalue weighted by Crippen LogP contribution is 2.30. The van der Waals surface area contributed by atoms with E-state index in [1.807, 2.05) is 0 Å². The minimum atomic E-state index is -4.50. The van der Waals surface area contributed by atoms with Crippen molar-refractivity contribution in [1.29, 1.82) is 5.26 Å². The van der Waals surface area contributed by atoms with Crippen molar-refractivity contribution >= 4 is 34.5 Å². The molecule has 1 heterocycles. The molecule has 0 radical (unpaired) electrons. The van der Waals surface area contributed by atoms with E-state index in [0.29, 0.717) is 16.5 Å². The number of para-hydroxylation sites is 1. The second-order valence-corrected chi connectivity index (χ2v) is 6.32. The van der Waals surface area contributed by atoms with Crippen LogP contribution in [0.25, 0.3) is 17.0 Å². The molecule has 0 aliphatic heterocycles. The molecule has 0 spiro atoms. The number of amides is 1. The van der Waals surface area contributed by atoms with Crippen LogP contribution in [0.4, 0.5) is 18.9 Å². The van der Waals surface area contributed by atoms with Gasteiger partial charge in [-0.25, -0.2) is 0 Å². The highest BCUT2D eigenvalue weighted by Gasteiger charge is 2.30. The molecule has 1 aromatic heterocycles. The molecule has 2 N–H and O–H groups in total. The Balaban J connectivity index is 1.89. The summed E-state index contributed by atoms with van der Waals surface area (Å²) < 4.78 is 39.4. The predicted molar refractivity (Wildman–Crippen MR) is 103 cm³/mol. The maximum Gasteiger partial charge on any atom is 0.416 e. The van der Waals surface area contributed by atoms with Gasteiger partial charge in [-0.2, -0.15) is 18.4 Å². The number of aromatic nitrogens is 1. The third-order valence-corrected chi connectivity index (χ3v) is 4.26. The van der Waals surface area contributed by atoms with Crippen LogP contribution in [-0.2, 0) is 22.3 Å². The predicted octanol–water partition coefficient (Wildman–Crippen LogP) is 4.29. The largest absolute Gasteiger partial charge is 0.480 e. The van der Waals surface area contributed by atoms with E-state index >= 15 is 0 Å². The summed E-state index contributed by atoms with van der Waals surface area (Å²) in [7, 11) is 0. The Kier molecular flexibility index (Phi) is 5.60. The molecular weight excluding hydrogens is 399 g/mol. The topological polar surface area (TPSA) is 95.1 Å². The standard InChI is InChI=1S/C21H14F3N3O3/c22-21(23,24)15-5-7-16(8-6-15)26-20(30)13(10-25)9-14-11-27(12-19(28)29)18-4-2-1-3-17(14)18/h1-9,11H,12H2,(H,26,30)(H,28,29)/b13-9+. The van der Waals surface area contributed by atoms with Gasteiger partial charge in [0.2, 0.25) is 0 Å². The second kappa shape index (κ2) is 8.13. The number of alkyl halides is 3. The summed E-state index contributed by atoms with van der Waals surface area (Å²) in [5.41, 5.74) is 0.0379. The van der Waals surface area contributed by atoms with Crippen LogP contribution in [-0.4, -0.2) is 21.6 Å². The molecule has 6 nitrogen and oxygen atoms in total. The zero-order chi connectivity index (χ0) is 21.9. The van der Waals surface area contributed by atoms with E-state index in [2.05, 4.69) is 5.32 Å². The molecule has 3 rings (SSSR count). The number of carbonyl (C=O) groups is 2. The molecule has 30 heavy (non-hydrogen) atoms. The van der Waals surface area contributed by atoms with Crippen molar-refractivity contribution in [2.45, 2.75) is 12.7 Å². The van der Waals surface area contributed by atoms with Crippen LogP contribution in [0.2, 0.25) is 0 Å². The van der Waals surface area contributed by atoms with Crippen molar-refractivity contribution in [3.63, 3.8) is 0 Å². The van der Waals surface area contributed by atoms with Crippen LogP contribution in [0, 0.1) is 11.3 Å². The molecule has 9 heteroatoms. The second-order valence-electron chi connectivity index (χ2n) is 6.32. The highest BCUT2D eigenvalue weighted by molar-refractivity contribution is 6.10. The van der Waals surface area contributed by atoms with Gasteiger partial charge in [0.15, 0.2) is 0 Å². The molecule has 1 amide bonds. The first-order valence-electron chi connectivity index (χ1n) is 8.59. The summed E-state index contributed by atoms with van der Waals surface area (Å²) in [5, 5.41) is 21.5. The van der Waals surface area contributed by atoms with E-state index in [9.17, 15) is 28.0 Å². The van der Waals surface area contributed by atoms with Crippen molar-refractivity contribution in [3.8, 4) is 6.07 Å². The van der Waals surface area contributed by atoms with Crippen LogP contribution in [0.3, 0.4) is 0 Å². The number of anilines is 1. The molecule has 2 aromatic carbocycles. The summed E-state index contributed by atoms with van der Waals surface area (Å²) >= 11 is 0. The number of hydrogen-bond donors (Lipinski definition) is 2. The van der Waals surface area contributed by atoms with Crippen LogP contribution in [0.15, 0.2) is 60.3 Å². The summed E-state index contributed by atoms with van der Waals surface area (Å²) in [4.78, 5) is 23.5. The van der Waals surface area contributed by atoms with Crippen molar-refractivity contribution in [3.05, 3.63) is 71.4 Å². The molecule has 0 atom stereocenters. The SMILES string of the molecule is N#C/C(=C\c1cn(CC(=O)O)c2ccccc12)C(=O)Nc1ccc(C(F)(F)F)cc1. The first kappa shape index (κ1) is 20.7. The number of aliphatic carboxylic acids is 1. The number of halogens is 3. The Hall–Kier alpha value is -4.06. The zero-order valence-electron chi connectivity index (χ0n) is 15.3. The van der Waals surface area contributed by atoms with E-state index in [4.69, 9.17) is 5.11 Å². The lowest BCUT2D eigenvalue weighted by Crippen LogP contribution is -2.13. The average Bonchev–Trinajstić information content (AvgIpc) is 3.02. The number of nitrogens with zero attached hydrogens (tertiary/aromatic N) is 2. The number of fused-ring (bicyclic) bond motifs is 1. The van der Waals surface area contributed by atoms with Gasteiger partial charge in [-0.15, -0.1) is 0 Å². The molecular formula is C21H14F3N3O3. The highest BCUT2D eigenvalue weighted by atomic mass is 19.4. The smallest absolute Gasteiger partial charge is 0.416 e. The van der Waals surface area contributed by atoms with Crippen LogP contribution in [0.5, 0.6) is 0 Å². The summed E-state index contributed by atoms with van der Waals surface area (Å²) in [5.74, 6) is -1.85. The lowest BCUT2D eigenvalue weighted by Gasteiger charge is -2.08. The van der Waals surface area contributed by atoms with E-state index in [1.54, 1.807) is 30.3 Å². The molecule has 0 aliphatic carbocycles. The Morgan fingerprint density at radius 2 is 1.80 bits per heavy atom. The van der Waals surface area contributed by atoms with Gasteiger partial charge < -0.3 is 15.0 Å². The molecule has 0 saturated heterocycles. The number of carboxylic acids is 1. The van der Waals surface area contributed by atoms with Crippen LogP contribution in [0.1, 0.15) is 11.1 Å². The van der Waals surface area contributed by atoms with Crippen molar-refractivity contribution in [1.82, 2.24) is 4.57 Å². The Labute approximate surface area is 168 Å². The number of hydrogen-bond acceptors (Lipinski definition) is 3. The summed E-state index contributed by atoms with van der Waals surface area (Å²) in [6.07, 6.45) is -1.67. The van der Waals surface area contributed by atoms with E-state index in [1.165, 1.54) is 16.8 Å². The molecule has 0 unspecified atom stereocenters. The van der Waals surface area contributed by atoms with Gasteiger partial charge in [0.25, 0.3) is 5.91 Å². The fourth-order valence-electron chi connectivity index (χ4n) is 2.91. The monoisotopic (exact) mass is 413 g/mol. The minimum Gasteiger partial charge on any atom is -0.480 e. The van der Waals surface area contributed by atoms with Gasteiger partial charge in [0.05, 0.1) is 5.56 Å². The quantitative estimate of drug-likeness (QED) is 0.482. The Morgan fingerprint density at radius 1 is 1.13 bits per heavy atom. The molecule has 0 aliphatic rings. The van der Waals surface area contributed by atoms with Crippen LogP contribution >= 0.6 is 0 Å². The zero-order valence-corrected chi connectivity index (χ0v) is 15.3. The number of nitrogens with one attached hydrogen (secondary N) is 1. The maximum atomic E-state index is 12.6. The lowest BCUT2D eigenvalue weighted by atomic mass is 10.1. The van der Waals surface area contributed by atoms with Gasteiger partial charge in [-0.05, 0) is 36.4 Å². The van der Waals surface area contributed by atoms with E-state index in [-0.39, 0.29) is 17.8 Å². The van der Waals surface area contributed by atoms with Gasteiger partial charge in [-0.3, -0.25) is 9.59 Å². The van der Waals surface area contributed by atoms with Gasteiger partial charge in [0, 0.05) is 28.4 Å². The number of carboxylic acid groups (broad SMARTS) is 1. The number of rotatable bonds is 5. The summed E-state index contributed by atoms with van der Waals surface area (Å²) in [6.45, 7) is -0.298. The number of benzene rings is 2. The van der Waals surface area contributed by atoms with Crippen molar-refractivity contribution in [2.24, 2.45) is 0 Å². The van der Waals surface area contributed by atoms with Gasteiger partial charge in [0.1, 0.15) is 18.2 Å². The van der Waals surface area contributed by atoms with Gasteiger partial charge in [-0.1, -0.05) is 18.2 Å². The Morgan fingerprint density at radius 3 is 2.40 bits per heavy atom. The van der Waals surface area contributed by atoms with Gasteiger partial charge >= 0.3 is 12.1 Å².